The zero-order valence-electron chi connectivity index (χ0n) is 13.8. The summed E-state index contributed by atoms with van der Waals surface area (Å²) in [7, 11) is 2.35. The fraction of sp³-hybridized carbons (Fsp3) is 1.00. The van der Waals surface area contributed by atoms with Crippen LogP contribution in [0.25, 0.3) is 0 Å². The van der Waals surface area contributed by atoms with Crippen LogP contribution in [-0.2, 0) is 0 Å². The molecule has 0 aromatic carbocycles. The van der Waals surface area contributed by atoms with Crippen LogP contribution in [0.2, 0.25) is 0 Å². The Hall–Kier alpha value is -0.120. The maximum Gasteiger partial charge on any atom is 0.0364 e. The molecule has 3 nitrogen and oxygen atoms in total. The summed E-state index contributed by atoms with van der Waals surface area (Å²) >= 11 is 0. The quantitative estimate of drug-likeness (QED) is 0.867. The van der Waals surface area contributed by atoms with Gasteiger partial charge in [-0.15, -0.1) is 0 Å². The molecule has 2 N–H and O–H groups in total. The lowest BCUT2D eigenvalue weighted by Gasteiger charge is -2.52. The van der Waals surface area contributed by atoms with E-state index in [9.17, 15) is 0 Å². The first-order valence-electron chi connectivity index (χ1n) is 9.42. The second-order valence-corrected chi connectivity index (χ2v) is 8.33. The Balaban J connectivity index is 1.57. The highest BCUT2D eigenvalue weighted by Gasteiger charge is 2.52. The van der Waals surface area contributed by atoms with Crippen molar-refractivity contribution in [2.75, 3.05) is 20.1 Å². The van der Waals surface area contributed by atoms with Crippen molar-refractivity contribution in [2.45, 2.75) is 87.9 Å². The van der Waals surface area contributed by atoms with E-state index in [0.717, 1.165) is 30.6 Å². The van der Waals surface area contributed by atoms with Gasteiger partial charge in [0.1, 0.15) is 0 Å². The van der Waals surface area contributed by atoms with Crippen molar-refractivity contribution in [2.24, 2.45) is 11.7 Å². The molecule has 0 spiro atoms. The molecule has 1 aliphatic carbocycles. The van der Waals surface area contributed by atoms with Crippen LogP contribution >= 0.6 is 0 Å². The Bertz CT molecular complexity index is 363. The molecule has 3 unspecified atom stereocenters. The molecule has 1 saturated carbocycles. The lowest BCUT2D eigenvalue weighted by Crippen LogP contribution is -2.63. The summed E-state index contributed by atoms with van der Waals surface area (Å²) in [6.07, 6.45) is 14.2. The Morgan fingerprint density at radius 1 is 0.952 bits per heavy atom. The Morgan fingerprint density at radius 2 is 1.62 bits per heavy atom. The number of likely N-dealkylation sites (tertiary alicyclic amines) is 1. The van der Waals surface area contributed by atoms with Gasteiger partial charge in [0.05, 0.1) is 0 Å². The van der Waals surface area contributed by atoms with E-state index in [2.05, 4.69) is 16.8 Å². The van der Waals surface area contributed by atoms with Gasteiger partial charge >= 0.3 is 0 Å². The van der Waals surface area contributed by atoms with Crippen LogP contribution in [0.3, 0.4) is 0 Å². The van der Waals surface area contributed by atoms with Crippen LogP contribution < -0.4 is 5.73 Å². The zero-order chi connectivity index (χ0) is 14.4. The van der Waals surface area contributed by atoms with Crippen LogP contribution in [0, 0.1) is 5.92 Å². The van der Waals surface area contributed by atoms with Crippen molar-refractivity contribution in [3.05, 3.63) is 0 Å². The molecule has 4 rings (SSSR count). The van der Waals surface area contributed by atoms with E-state index < -0.39 is 0 Å². The lowest BCUT2D eigenvalue weighted by atomic mass is 9.79. The van der Waals surface area contributed by atoms with E-state index >= 15 is 0 Å². The van der Waals surface area contributed by atoms with Crippen molar-refractivity contribution in [3.8, 4) is 0 Å². The van der Waals surface area contributed by atoms with Gasteiger partial charge < -0.3 is 10.6 Å². The SMILES string of the molecule is CN1C2CCC1CC(CN)(N1CCCC1C1CCCC1)C2. The third-order valence-electron chi connectivity index (χ3n) is 7.45. The summed E-state index contributed by atoms with van der Waals surface area (Å²) < 4.78 is 0. The molecule has 3 atom stereocenters. The van der Waals surface area contributed by atoms with Gasteiger partial charge in [0.15, 0.2) is 0 Å². The highest BCUT2D eigenvalue weighted by molar-refractivity contribution is 5.09. The van der Waals surface area contributed by atoms with Crippen molar-refractivity contribution in [1.82, 2.24) is 9.80 Å². The molecule has 4 fully saturated rings. The van der Waals surface area contributed by atoms with Gasteiger partial charge in [-0.1, -0.05) is 12.8 Å². The number of hydrogen-bond donors (Lipinski definition) is 1. The van der Waals surface area contributed by atoms with E-state index in [-0.39, 0.29) is 0 Å². The second kappa shape index (κ2) is 5.50. The van der Waals surface area contributed by atoms with Gasteiger partial charge in [0.2, 0.25) is 0 Å². The van der Waals surface area contributed by atoms with Crippen molar-refractivity contribution in [3.63, 3.8) is 0 Å². The molecule has 120 valence electrons. The summed E-state index contributed by atoms with van der Waals surface area (Å²) in [5.74, 6) is 0.980. The summed E-state index contributed by atoms with van der Waals surface area (Å²) in [6, 6.07) is 2.47. The van der Waals surface area contributed by atoms with E-state index in [1.807, 2.05) is 0 Å². The molecule has 2 bridgehead atoms. The van der Waals surface area contributed by atoms with Gasteiger partial charge in [-0.3, -0.25) is 4.90 Å². The van der Waals surface area contributed by atoms with Gasteiger partial charge in [-0.05, 0) is 70.9 Å². The molecule has 3 aliphatic heterocycles. The lowest BCUT2D eigenvalue weighted by molar-refractivity contribution is -0.0189. The monoisotopic (exact) mass is 291 g/mol. The molecule has 3 heterocycles. The predicted octanol–water partition coefficient (Wildman–Crippen LogP) is 2.60. The molecular formula is C18H33N3. The van der Waals surface area contributed by atoms with Crippen LogP contribution in [0.15, 0.2) is 0 Å². The summed E-state index contributed by atoms with van der Waals surface area (Å²) in [5.41, 5.74) is 6.75. The highest BCUT2D eigenvalue weighted by atomic mass is 15.3. The molecule has 4 aliphatic rings. The van der Waals surface area contributed by atoms with Crippen LogP contribution in [0.5, 0.6) is 0 Å². The first-order valence-corrected chi connectivity index (χ1v) is 9.42. The van der Waals surface area contributed by atoms with Gasteiger partial charge in [-0.2, -0.15) is 0 Å². The fourth-order valence-corrected chi connectivity index (χ4v) is 6.27. The first-order chi connectivity index (χ1) is 10.2. The van der Waals surface area contributed by atoms with Crippen molar-refractivity contribution < 1.29 is 0 Å². The van der Waals surface area contributed by atoms with Crippen molar-refractivity contribution in [1.29, 1.82) is 0 Å². The molecule has 3 saturated heterocycles. The summed E-state index contributed by atoms with van der Waals surface area (Å²) in [5, 5.41) is 0. The average Bonchev–Trinajstić information content (AvgIpc) is 3.20. The van der Waals surface area contributed by atoms with Crippen molar-refractivity contribution >= 4 is 0 Å². The number of rotatable bonds is 3. The van der Waals surface area contributed by atoms with Crippen LogP contribution in [0.4, 0.5) is 0 Å². The molecular weight excluding hydrogens is 258 g/mol. The Kier molecular flexibility index (Phi) is 3.79. The molecule has 0 radical (unpaired) electrons. The fourth-order valence-electron chi connectivity index (χ4n) is 6.27. The van der Waals surface area contributed by atoms with E-state index in [1.165, 1.54) is 70.8 Å². The smallest absolute Gasteiger partial charge is 0.0364 e. The number of nitrogens with two attached hydrogens (primary N) is 1. The molecule has 0 aromatic heterocycles. The normalized spacial score (nSPS) is 45.7. The van der Waals surface area contributed by atoms with Gasteiger partial charge in [0, 0.05) is 30.2 Å². The van der Waals surface area contributed by atoms with Gasteiger partial charge in [0.25, 0.3) is 0 Å². The third-order valence-corrected chi connectivity index (χ3v) is 7.45. The number of nitrogens with zero attached hydrogens (tertiary/aromatic N) is 2. The standard InChI is InChI=1S/C18H33N3/c1-20-15-8-9-16(20)12-18(11-15,13-19)21-10-4-7-17(21)14-5-2-3-6-14/h14-17H,2-13,19H2,1H3. The minimum Gasteiger partial charge on any atom is -0.329 e. The molecule has 0 aromatic rings. The molecule has 0 amide bonds. The summed E-state index contributed by atoms with van der Waals surface area (Å²) in [4.78, 5) is 5.59. The topological polar surface area (TPSA) is 32.5 Å². The highest BCUT2D eigenvalue weighted by Crippen LogP contribution is 2.47. The third kappa shape index (κ3) is 2.27. The van der Waals surface area contributed by atoms with E-state index in [4.69, 9.17) is 5.73 Å². The number of piperidine rings is 1. The van der Waals surface area contributed by atoms with Crippen LogP contribution in [-0.4, -0.2) is 53.6 Å². The van der Waals surface area contributed by atoms with E-state index in [0.29, 0.717) is 5.54 Å². The van der Waals surface area contributed by atoms with Gasteiger partial charge in [-0.25, -0.2) is 0 Å². The minimum atomic E-state index is 0.335. The predicted molar refractivity (Wildman–Crippen MR) is 87.3 cm³/mol. The zero-order valence-corrected chi connectivity index (χ0v) is 13.8. The maximum atomic E-state index is 6.42. The molecule has 3 heteroatoms. The molecule has 21 heavy (non-hydrogen) atoms. The minimum absolute atomic E-state index is 0.335. The number of fused-ring (bicyclic) bond motifs is 2. The van der Waals surface area contributed by atoms with Crippen LogP contribution in [0.1, 0.15) is 64.2 Å². The largest absolute Gasteiger partial charge is 0.329 e. The average molecular weight is 291 g/mol. The first kappa shape index (κ1) is 14.5. The summed E-state index contributed by atoms with van der Waals surface area (Å²) in [6.45, 7) is 2.21. The Morgan fingerprint density at radius 3 is 2.24 bits per heavy atom. The van der Waals surface area contributed by atoms with E-state index in [1.54, 1.807) is 0 Å². The maximum absolute atomic E-state index is 6.42. The second-order valence-electron chi connectivity index (χ2n) is 8.33. The number of hydrogen-bond acceptors (Lipinski definition) is 3. The Labute approximate surface area is 130 Å².